The standard InChI is InChI=1S/C28H33N3O3/c29-14-17-2-1-3-19(12-17)27(33)30-21-8-7-20-22-13-18-6-9-23(32)25-24(18)28(20,26(21)34-25)10-11-31(22)15-16-4-5-16/h1-3,6,9,12,16,20-22,26,32H,4-5,7-8,10-11,13-15,29H2,(H,30,33)/t20?,21-,22?,26?,28+/m1/s1. The van der Waals surface area contributed by atoms with Gasteiger partial charge in [-0.15, -0.1) is 0 Å². The lowest BCUT2D eigenvalue weighted by molar-refractivity contribution is -0.0647. The number of likely N-dealkylation sites (tertiary alicyclic amines) is 1. The smallest absolute Gasteiger partial charge is 0.251 e. The number of hydrogen-bond donors (Lipinski definition) is 3. The summed E-state index contributed by atoms with van der Waals surface area (Å²) < 4.78 is 6.63. The predicted molar refractivity (Wildman–Crippen MR) is 129 cm³/mol. The molecule has 6 heteroatoms. The molecule has 4 N–H and O–H groups in total. The predicted octanol–water partition coefficient (Wildman–Crippen LogP) is 3.10. The minimum Gasteiger partial charge on any atom is -0.504 e. The van der Waals surface area contributed by atoms with Crippen LogP contribution in [0.4, 0.5) is 0 Å². The van der Waals surface area contributed by atoms with Crippen LogP contribution in [-0.4, -0.2) is 47.2 Å². The molecule has 6 nitrogen and oxygen atoms in total. The average molecular weight is 460 g/mol. The molecule has 7 rings (SSSR count). The number of piperidine rings is 1. The van der Waals surface area contributed by atoms with Gasteiger partial charge in [-0.2, -0.15) is 0 Å². The maximum atomic E-state index is 13.3. The zero-order chi connectivity index (χ0) is 23.0. The third kappa shape index (κ3) is 2.91. The number of aromatic hydroxyl groups is 1. The second-order valence-corrected chi connectivity index (χ2v) is 11.2. The number of carbonyl (C=O) groups is 1. The summed E-state index contributed by atoms with van der Waals surface area (Å²) in [5.41, 5.74) is 9.84. The molecule has 34 heavy (non-hydrogen) atoms. The van der Waals surface area contributed by atoms with Crippen LogP contribution in [0, 0.1) is 11.8 Å². The summed E-state index contributed by atoms with van der Waals surface area (Å²) in [6, 6.07) is 11.9. The lowest BCUT2D eigenvalue weighted by atomic mass is 9.51. The molecular formula is C28H33N3O3. The van der Waals surface area contributed by atoms with E-state index in [4.69, 9.17) is 10.5 Å². The van der Waals surface area contributed by atoms with Crippen LogP contribution in [0.2, 0.25) is 0 Å². The van der Waals surface area contributed by atoms with Gasteiger partial charge < -0.3 is 20.9 Å². The first-order valence-electron chi connectivity index (χ1n) is 12.9. The fourth-order valence-electron chi connectivity index (χ4n) is 7.72. The van der Waals surface area contributed by atoms with Crippen molar-refractivity contribution in [1.29, 1.82) is 0 Å². The van der Waals surface area contributed by atoms with Gasteiger partial charge in [0.25, 0.3) is 5.91 Å². The van der Waals surface area contributed by atoms with Gasteiger partial charge in [0.1, 0.15) is 6.10 Å². The first-order valence-corrected chi connectivity index (χ1v) is 12.9. The number of nitrogens with zero attached hydrogens (tertiary/aromatic N) is 1. The van der Waals surface area contributed by atoms with Gasteiger partial charge in [-0.3, -0.25) is 9.69 Å². The first-order chi connectivity index (χ1) is 16.6. The molecule has 2 aromatic rings. The van der Waals surface area contributed by atoms with Crippen molar-refractivity contribution in [2.45, 2.75) is 68.7 Å². The van der Waals surface area contributed by atoms with E-state index < -0.39 is 0 Å². The molecule has 178 valence electrons. The zero-order valence-electron chi connectivity index (χ0n) is 19.5. The molecule has 2 aliphatic heterocycles. The SMILES string of the molecule is NCc1cccc(C(=O)N[C@@H]2CCC3C4Cc5ccc(O)c6c5[C@@]3(CCN4CC3CC3)C2O6)c1. The van der Waals surface area contributed by atoms with Crippen LogP contribution in [0.25, 0.3) is 0 Å². The Morgan fingerprint density at radius 1 is 1.21 bits per heavy atom. The van der Waals surface area contributed by atoms with Gasteiger partial charge in [-0.05, 0) is 86.2 Å². The largest absolute Gasteiger partial charge is 0.504 e. The van der Waals surface area contributed by atoms with Crippen molar-refractivity contribution in [3.05, 3.63) is 58.7 Å². The van der Waals surface area contributed by atoms with Crippen molar-refractivity contribution in [3.63, 3.8) is 0 Å². The number of nitrogens with two attached hydrogens (primary N) is 1. The Morgan fingerprint density at radius 2 is 2.09 bits per heavy atom. The highest BCUT2D eigenvalue weighted by Crippen LogP contribution is 2.64. The lowest BCUT2D eigenvalue weighted by Gasteiger charge is -2.59. The van der Waals surface area contributed by atoms with Gasteiger partial charge in [0, 0.05) is 35.7 Å². The summed E-state index contributed by atoms with van der Waals surface area (Å²) in [5.74, 6) is 2.22. The highest BCUT2D eigenvalue weighted by Gasteiger charge is 2.66. The summed E-state index contributed by atoms with van der Waals surface area (Å²) in [5, 5.41) is 14.1. The van der Waals surface area contributed by atoms with Crippen molar-refractivity contribution in [1.82, 2.24) is 10.2 Å². The third-order valence-electron chi connectivity index (χ3n) is 9.36. The van der Waals surface area contributed by atoms with Crippen LogP contribution in [0.5, 0.6) is 11.5 Å². The number of benzene rings is 2. The molecule has 0 radical (unpaired) electrons. The molecule has 3 aliphatic carbocycles. The summed E-state index contributed by atoms with van der Waals surface area (Å²) in [7, 11) is 0. The second kappa shape index (κ2) is 7.46. The van der Waals surface area contributed by atoms with Crippen molar-refractivity contribution < 1.29 is 14.6 Å². The van der Waals surface area contributed by atoms with E-state index in [1.807, 2.05) is 24.3 Å². The van der Waals surface area contributed by atoms with Gasteiger partial charge in [-0.1, -0.05) is 18.2 Å². The van der Waals surface area contributed by atoms with Crippen LogP contribution in [0.3, 0.4) is 0 Å². The number of phenolic OH excluding ortho intramolecular Hbond substituents is 1. The van der Waals surface area contributed by atoms with E-state index in [9.17, 15) is 9.90 Å². The fourth-order valence-corrected chi connectivity index (χ4v) is 7.72. The quantitative estimate of drug-likeness (QED) is 0.640. The van der Waals surface area contributed by atoms with Gasteiger partial charge in [-0.25, -0.2) is 0 Å². The van der Waals surface area contributed by atoms with Gasteiger partial charge in [0.2, 0.25) is 0 Å². The monoisotopic (exact) mass is 459 g/mol. The molecule has 0 aromatic heterocycles. The molecule has 2 heterocycles. The third-order valence-corrected chi connectivity index (χ3v) is 9.36. The number of carbonyl (C=O) groups excluding carboxylic acids is 1. The minimum absolute atomic E-state index is 0.0716. The van der Waals surface area contributed by atoms with Crippen LogP contribution < -0.4 is 15.8 Å². The Hall–Kier alpha value is -2.57. The molecule has 2 bridgehead atoms. The molecule has 5 aliphatic rings. The number of rotatable bonds is 5. The molecule has 2 aromatic carbocycles. The van der Waals surface area contributed by atoms with E-state index in [1.165, 1.54) is 30.5 Å². The summed E-state index contributed by atoms with van der Waals surface area (Å²) in [4.78, 5) is 16.0. The summed E-state index contributed by atoms with van der Waals surface area (Å²) in [6.45, 7) is 2.71. The van der Waals surface area contributed by atoms with E-state index >= 15 is 0 Å². The Bertz CT molecular complexity index is 1160. The maximum absolute atomic E-state index is 13.3. The Balaban J connectivity index is 1.24. The number of phenols is 1. The van der Waals surface area contributed by atoms with E-state index in [0.29, 0.717) is 29.8 Å². The molecule has 3 unspecified atom stereocenters. The van der Waals surface area contributed by atoms with Crippen molar-refractivity contribution in [2.75, 3.05) is 13.1 Å². The van der Waals surface area contributed by atoms with Crippen molar-refractivity contribution >= 4 is 5.91 Å². The normalized spacial score (nSPS) is 33.2. The summed E-state index contributed by atoms with van der Waals surface area (Å²) >= 11 is 0. The van der Waals surface area contributed by atoms with E-state index in [2.05, 4.69) is 16.3 Å². The molecule has 1 spiro atoms. The molecule has 5 atom stereocenters. The second-order valence-electron chi connectivity index (χ2n) is 11.2. The Labute approximate surface area is 200 Å². The number of amides is 1. The van der Waals surface area contributed by atoms with Crippen LogP contribution in [-0.2, 0) is 18.4 Å². The van der Waals surface area contributed by atoms with E-state index in [1.54, 1.807) is 6.07 Å². The fraction of sp³-hybridized carbons (Fsp3) is 0.536. The highest BCUT2D eigenvalue weighted by atomic mass is 16.5. The van der Waals surface area contributed by atoms with Crippen molar-refractivity contribution in [3.8, 4) is 11.5 Å². The van der Waals surface area contributed by atoms with E-state index in [-0.39, 0.29) is 29.2 Å². The molecule has 3 fully saturated rings. The number of ether oxygens (including phenoxy) is 1. The zero-order valence-corrected chi connectivity index (χ0v) is 19.5. The Morgan fingerprint density at radius 3 is 2.91 bits per heavy atom. The van der Waals surface area contributed by atoms with Crippen LogP contribution in [0.15, 0.2) is 36.4 Å². The van der Waals surface area contributed by atoms with Crippen LogP contribution >= 0.6 is 0 Å². The van der Waals surface area contributed by atoms with Gasteiger partial charge in [0.15, 0.2) is 11.5 Å². The van der Waals surface area contributed by atoms with Gasteiger partial charge in [0.05, 0.1) is 6.04 Å². The first kappa shape index (κ1) is 20.8. The average Bonchev–Trinajstić information content (AvgIpc) is 3.60. The topological polar surface area (TPSA) is 87.8 Å². The summed E-state index contributed by atoms with van der Waals surface area (Å²) in [6.07, 6.45) is 6.66. The molecular weight excluding hydrogens is 426 g/mol. The number of nitrogens with one attached hydrogen (secondary N) is 1. The van der Waals surface area contributed by atoms with Gasteiger partial charge >= 0.3 is 0 Å². The lowest BCUT2D eigenvalue weighted by Crippen LogP contribution is -2.69. The Kier molecular flexibility index (Phi) is 4.56. The van der Waals surface area contributed by atoms with E-state index in [0.717, 1.165) is 43.7 Å². The molecule has 2 saturated carbocycles. The molecule has 1 saturated heterocycles. The van der Waals surface area contributed by atoms with Crippen LogP contribution in [0.1, 0.15) is 59.2 Å². The van der Waals surface area contributed by atoms with Crippen molar-refractivity contribution in [2.24, 2.45) is 17.6 Å². The molecule has 1 amide bonds. The maximum Gasteiger partial charge on any atom is 0.251 e. The highest BCUT2D eigenvalue weighted by molar-refractivity contribution is 5.94. The minimum atomic E-state index is -0.138. The number of hydrogen-bond acceptors (Lipinski definition) is 5.